The molecule has 1 aromatic rings. The van der Waals surface area contributed by atoms with Gasteiger partial charge >= 0.3 is 6.09 Å². The molecule has 1 amide bonds. The van der Waals surface area contributed by atoms with Crippen molar-refractivity contribution in [3.05, 3.63) is 33.9 Å². The Kier molecular flexibility index (Phi) is 1.81. The molecule has 2 heterocycles. The fourth-order valence-electron chi connectivity index (χ4n) is 1.23. The molecule has 14 heavy (non-hydrogen) atoms. The number of nitrogens with zero attached hydrogens (tertiary/aromatic N) is 1. The summed E-state index contributed by atoms with van der Waals surface area (Å²) in [6.45, 7) is -0.0809. The molecule has 3 rings (SSSR count). The largest absolute Gasteiger partial charge is 0.444 e. The first-order valence-corrected chi connectivity index (χ1v) is 3.88. The molecule has 6 nitrogen and oxygen atoms in total. The second-order valence-electron chi connectivity index (χ2n) is 2.80. The number of anilines is 1. The lowest BCUT2D eigenvalue weighted by Gasteiger charge is -2.12. The van der Waals surface area contributed by atoms with Gasteiger partial charge in [0.05, 0.1) is 16.2 Å². The van der Waals surface area contributed by atoms with Crippen LogP contribution in [0.2, 0.25) is 0 Å². The summed E-state index contributed by atoms with van der Waals surface area (Å²) >= 11 is 0. The van der Waals surface area contributed by atoms with Crippen LogP contribution in [0.15, 0.2) is 18.2 Å². The van der Waals surface area contributed by atoms with E-state index in [4.69, 9.17) is 4.74 Å². The number of rotatable bonds is 1. The van der Waals surface area contributed by atoms with Crippen LogP contribution in [0.3, 0.4) is 0 Å². The van der Waals surface area contributed by atoms with Crippen LogP contribution in [0.4, 0.5) is 16.2 Å². The van der Waals surface area contributed by atoms with E-state index in [1.165, 1.54) is 6.07 Å². The number of hydrogen-bond donors (Lipinski definition) is 1. The highest BCUT2D eigenvalue weighted by molar-refractivity contribution is 5.86. The minimum atomic E-state index is -0.597. The lowest BCUT2D eigenvalue weighted by molar-refractivity contribution is -0.385. The number of nitro benzene ring substituents is 1. The van der Waals surface area contributed by atoms with Crippen LogP contribution in [-0.2, 0) is 11.3 Å². The smallest absolute Gasteiger partial charge is 0.411 e. The molecule has 0 atom stereocenters. The number of hydrogen-bond acceptors (Lipinski definition) is 4. The number of nitro groups is 1. The van der Waals surface area contributed by atoms with Crippen LogP contribution in [0, 0.1) is 10.1 Å². The topological polar surface area (TPSA) is 81.5 Å². The second-order valence-corrected chi connectivity index (χ2v) is 2.80. The molecular formula is C8H6N2O4. The van der Waals surface area contributed by atoms with Crippen LogP contribution < -0.4 is 5.32 Å². The van der Waals surface area contributed by atoms with Crippen molar-refractivity contribution >= 4 is 17.5 Å². The summed E-state index contributed by atoms with van der Waals surface area (Å²) in [4.78, 5) is 21.0. The Bertz CT molecular complexity index is 416. The molecule has 1 N–H and O–H groups in total. The van der Waals surface area contributed by atoms with Crippen molar-refractivity contribution < 1.29 is 14.5 Å². The van der Waals surface area contributed by atoms with E-state index in [1.807, 2.05) is 0 Å². The van der Waals surface area contributed by atoms with Crippen LogP contribution in [0.25, 0.3) is 0 Å². The third-order valence-electron chi connectivity index (χ3n) is 1.89. The zero-order valence-corrected chi connectivity index (χ0v) is 7.02. The molecule has 2 aliphatic heterocycles. The summed E-state index contributed by atoms with van der Waals surface area (Å²) in [5, 5.41) is 13.0. The molecule has 0 aromatic heterocycles. The lowest BCUT2D eigenvalue weighted by Crippen LogP contribution is -2.16. The van der Waals surface area contributed by atoms with Crippen molar-refractivity contribution in [1.29, 1.82) is 0 Å². The van der Waals surface area contributed by atoms with E-state index < -0.39 is 11.0 Å². The Morgan fingerprint density at radius 2 is 2.29 bits per heavy atom. The molecule has 0 fully saturated rings. The van der Waals surface area contributed by atoms with Crippen LogP contribution >= 0.6 is 0 Å². The number of amides is 1. The van der Waals surface area contributed by atoms with Gasteiger partial charge in [0, 0.05) is 6.07 Å². The van der Waals surface area contributed by atoms with Gasteiger partial charge in [-0.3, -0.25) is 15.4 Å². The van der Waals surface area contributed by atoms with E-state index in [0.717, 1.165) is 0 Å². The predicted octanol–water partition coefficient (Wildman–Crippen LogP) is 1.66. The third kappa shape index (κ3) is 1.37. The van der Waals surface area contributed by atoms with Crippen molar-refractivity contribution in [3.8, 4) is 0 Å². The van der Waals surface area contributed by atoms with Gasteiger partial charge in [-0.25, -0.2) is 4.79 Å². The first kappa shape index (κ1) is 8.49. The summed E-state index contributed by atoms with van der Waals surface area (Å²) in [5.74, 6) is 0. The number of carbonyl (C=O) groups is 1. The average molecular weight is 194 g/mol. The summed E-state index contributed by atoms with van der Waals surface area (Å²) < 4.78 is 4.69. The molecule has 72 valence electrons. The van der Waals surface area contributed by atoms with E-state index in [1.54, 1.807) is 12.1 Å². The Labute approximate surface area is 78.6 Å². The maximum Gasteiger partial charge on any atom is 0.411 e. The first-order valence-electron chi connectivity index (χ1n) is 3.88. The highest BCUT2D eigenvalue weighted by atomic mass is 16.6. The van der Waals surface area contributed by atoms with E-state index >= 15 is 0 Å². The Balaban J connectivity index is 2.52. The van der Waals surface area contributed by atoms with Crippen molar-refractivity contribution in [2.24, 2.45) is 0 Å². The van der Waals surface area contributed by atoms with Gasteiger partial charge in [0.25, 0.3) is 5.69 Å². The summed E-state index contributed by atoms with van der Waals surface area (Å²) in [6, 6.07) is 4.48. The van der Waals surface area contributed by atoms with Gasteiger partial charge in [0.1, 0.15) is 6.61 Å². The molecule has 2 aliphatic rings. The quantitative estimate of drug-likeness (QED) is 0.544. The molecule has 0 saturated carbocycles. The minimum absolute atomic E-state index is 0.0394. The Morgan fingerprint density at radius 1 is 1.50 bits per heavy atom. The number of fused-ring (bicyclic) bond motifs is 5. The number of nitrogens with one attached hydrogen (secondary N) is 1. The van der Waals surface area contributed by atoms with E-state index in [9.17, 15) is 14.9 Å². The van der Waals surface area contributed by atoms with Gasteiger partial charge in [0.2, 0.25) is 0 Å². The predicted molar refractivity (Wildman–Crippen MR) is 46.9 cm³/mol. The lowest BCUT2D eigenvalue weighted by atomic mass is 10.1. The summed E-state index contributed by atoms with van der Waals surface area (Å²) in [5.41, 5.74) is 0.723. The van der Waals surface area contributed by atoms with Gasteiger partial charge in [-0.05, 0) is 12.1 Å². The molecule has 0 radical (unpaired) electrons. The minimum Gasteiger partial charge on any atom is -0.444 e. The fraction of sp³-hybridized carbons (Fsp3) is 0.125. The van der Waals surface area contributed by atoms with Crippen molar-refractivity contribution in [1.82, 2.24) is 0 Å². The zero-order valence-electron chi connectivity index (χ0n) is 7.02. The van der Waals surface area contributed by atoms with Crippen LogP contribution in [0.1, 0.15) is 5.56 Å². The molecule has 0 unspecified atom stereocenters. The maximum atomic E-state index is 10.9. The highest BCUT2D eigenvalue weighted by Gasteiger charge is 2.19. The number of benzene rings is 1. The zero-order chi connectivity index (χ0) is 10.1. The normalized spacial score (nSPS) is 13.9. The number of ether oxygens (including phenoxy) is 1. The molecule has 0 spiro atoms. The fourth-order valence-corrected chi connectivity index (χ4v) is 1.23. The maximum absolute atomic E-state index is 10.9. The van der Waals surface area contributed by atoms with E-state index in [0.29, 0.717) is 11.3 Å². The van der Waals surface area contributed by atoms with Crippen LogP contribution in [-0.4, -0.2) is 11.0 Å². The number of carbonyl (C=O) groups excluding carboxylic acids is 1. The molecule has 0 aliphatic carbocycles. The Hall–Kier alpha value is -2.11. The van der Waals surface area contributed by atoms with E-state index in [-0.39, 0.29) is 12.3 Å². The monoisotopic (exact) mass is 194 g/mol. The van der Waals surface area contributed by atoms with Gasteiger partial charge in [-0.1, -0.05) is 0 Å². The SMILES string of the molecule is O=C1Nc2ccc(c([N+](=O)[O-])c2)CO1. The van der Waals surface area contributed by atoms with Crippen LogP contribution in [0.5, 0.6) is 0 Å². The highest BCUT2D eigenvalue weighted by Crippen LogP contribution is 2.26. The van der Waals surface area contributed by atoms with E-state index in [2.05, 4.69) is 5.32 Å². The third-order valence-corrected chi connectivity index (χ3v) is 1.89. The van der Waals surface area contributed by atoms with Gasteiger partial charge in [-0.2, -0.15) is 0 Å². The molecule has 0 saturated heterocycles. The van der Waals surface area contributed by atoms with Crippen molar-refractivity contribution in [2.45, 2.75) is 6.61 Å². The standard InChI is InChI=1S/C8H6N2O4/c11-8-9-6-2-1-5(4-14-8)7(3-6)10(12)13/h1-3H,4H2,(H,9,11). The van der Waals surface area contributed by atoms with Gasteiger partial charge in [-0.15, -0.1) is 0 Å². The second kappa shape index (κ2) is 2.99. The molecule has 6 heteroatoms. The molecular weight excluding hydrogens is 188 g/mol. The van der Waals surface area contributed by atoms with Gasteiger partial charge < -0.3 is 4.74 Å². The average Bonchev–Trinajstić information content (AvgIpc) is 2.11. The summed E-state index contributed by atoms with van der Waals surface area (Å²) in [6.07, 6.45) is -0.597. The van der Waals surface area contributed by atoms with Gasteiger partial charge in [0.15, 0.2) is 0 Å². The Morgan fingerprint density at radius 3 is 3.00 bits per heavy atom. The summed E-state index contributed by atoms with van der Waals surface area (Å²) in [7, 11) is 0. The molecule has 1 aromatic carbocycles. The van der Waals surface area contributed by atoms with Crippen molar-refractivity contribution in [2.75, 3.05) is 5.32 Å². The molecule has 2 bridgehead atoms. The first-order chi connectivity index (χ1) is 6.66. The van der Waals surface area contributed by atoms with Crippen molar-refractivity contribution in [3.63, 3.8) is 0 Å².